The van der Waals surface area contributed by atoms with Gasteiger partial charge in [0.05, 0.1) is 18.7 Å². The van der Waals surface area contributed by atoms with E-state index >= 15 is 0 Å². The number of aliphatic carboxylic acids is 1. The molecule has 1 atom stereocenters. The number of carboxylic acids is 1. The van der Waals surface area contributed by atoms with Gasteiger partial charge in [0.2, 0.25) is 0 Å². The van der Waals surface area contributed by atoms with E-state index in [0.717, 1.165) is 11.4 Å². The number of aryl methyl sites for hydroxylation is 1. The summed E-state index contributed by atoms with van der Waals surface area (Å²) in [6.07, 6.45) is -0.0913. The van der Waals surface area contributed by atoms with Crippen LogP contribution in [0.25, 0.3) is 0 Å². The van der Waals surface area contributed by atoms with Crippen molar-refractivity contribution in [3.05, 3.63) is 29.6 Å². The minimum Gasteiger partial charge on any atom is -0.481 e. The van der Waals surface area contributed by atoms with E-state index in [9.17, 15) is 9.59 Å². The zero-order valence-electron chi connectivity index (χ0n) is 12.1. The van der Waals surface area contributed by atoms with Crippen LogP contribution in [0.15, 0.2) is 18.2 Å². The molecule has 20 heavy (non-hydrogen) atoms. The standard InChI is InChI=1S/C14H21N3O3/c1-4-17(9-12-7-5-6-10(2)15-12)14(20)16-11(3)8-13(18)19/h5-7,11H,4,8-9H2,1-3H3,(H,16,20)(H,18,19). The summed E-state index contributed by atoms with van der Waals surface area (Å²) in [5, 5.41) is 11.4. The van der Waals surface area contributed by atoms with E-state index in [-0.39, 0.29) is 12.5 Å². The number of nitrogens with one attached hydrogen (secondary N) is 1. The van der Waals surface area contributed by atoms with Crippen molar-refractivity contribution in [2.45, 2.75) is 39.8 Å². The minimum atomic E-state index is -0.929. The number of carbonyl (C=O) groups excluding carboxylic acids is 1. The number of nitrogens with zero attached hydrogens (tertiary/aromatic N) is 2. The van der Waals surface area contributed by atoms with Gasteiger partial charge in [-0.25, -0.2) is 4.79 Å². The van der Waals surface area contributed by atoms with E-state index in [4.69, 9.17) is 5.11 Å². The van der Waals surface area contributed by atoms with Gasteiger partial charge >= 0.3 is 12.0 Å². The summed E-state index contributed by atoms with van der Waals surface area (Å²) in [6.45, 7) is 6.38. The van der Waals surface area contributed by atoms with Crippen molar-refractivity contribution < 1.29 is 14.7 Å². The van der Waals surface area contributed by atoms with Crippen molar-refractivity contribution in [2.24, 2.45) is 0 Å². The van der Waals surface area contributed by atoms with Gasteiger partial charge in [0.25, 0.3) is 0 Å². The van der Waals surface area contributed by atoms with Crippen LogP contribution in [0.1, 0.15) is 31.7 Å². The van der Waals surface area contributed by atoms with Crippen molar-refractivity contribution >= 4 is 12.0 Å². The summed E-state index contributed by atoms with van der Waals surface area (Å²) in [5.74, 6) is -0.929. The Morgan fingerprint density at radius 1 is 1.45 bits per heavy atom. The molecule has 0 fully saturated rings. The van der Waals surface area contributed by atoms with E-state index in [0.29, 0.717) is 13.1 Å². The number of urea groups is 1. The normalized spacial score (nSPS) is 11.8. The molecule has 1 aromatic heterocycles. The van der Waals surface area contributed by atoms with Crippen LogP contribution in [0.2, 0.25) is 0 Å². The molecule has 0 saturated carbocycles. The van der Waals surface area contributed by atoms with Crippen LogP contribution < -0.4 is 5.32 Å². The van der Waals surface area contributed by atoms with Crippen LogP contribution in [-0.2, 0) is 11.3 Å². The van der Waals surface area contributed by atoms with Gasteiger partial charge in [-0.15, -0.1) is 0 Å². The van der Waals surface area contributed by atoms with Crippen LogP contribution in [0.3, 0.4) is 0 Å². The number of aromatic nitrogens is 1. The SMILES string of the molecule is CCN(Cc1cccc(C)n1)C(=O)NC(C)CC(=O)O. The maximum Gasteiger partial charge on any atom is 0.317 e. The highest BCUT2D eigenvalue weighted by Crippen LogP contribution is 2.04. The van der Waals surface area contributed by atoms with E-state index in [2.05, 4.69) is 10.3 Å². The number of carboxylic acid groups (broad SMARTS) is 1. The highest BCUT2D eigenvalue weighted by atomic mass is 16.4. The van der Waals surface area contributed by atoms with E-state index in [1.807, 2.05) is 32.0 Å². The van der Waals surface area contributed by atoms with Gasteiger partial charge in [0.1, 0.15) is 0 Å². The number of pyridine rings is 1. The Bertz CT molecular complexity index is 476. The van der Waals surface area contributed by atoms with Gasteiger partial charge in [-0.1, -0.05) is 6.07 Å². The zero-order valence-corrected chi connectivity index (χ0v) is 12.1. The van der Waals surface area contributed by atoms with Crippen molar-refractivity contribution in [3.8, 4) is 0 Å². The Hall–Kier alpha value is -2.11. The fourth-order valence-electron chi connectivity index (χ4n) is 1.83. The molecule has 1 unspecified atom stereocenters. The smallest absolute Gasteiger partial charge is 0.317 e. The van der Waals surface area contributed by atoms with Crippen LogP contribution in [-0.4, -0.2) is 39.6 Å². The number of hydrogen-bond donors (Lipinski definition) is 2. The molecule has 0 aliphatic heterocycles. The molecule has 1 rings (SSSR count). The average molecular weight is 279 g/mol. The molecule has 1 heterocycles. The summed E-state index contributed by atoms with van der Waals surface area (Å²) >= 11 is 0. The lowest BCUT2D eigenvalue weighted by Gasteiger charge is -2.23. The number of amides is 2. The van der Waals surface area contributed by atoms with Gasteiger partial charge in [-0.05, 0) is 32.9 Å². The fourth-order valence-corrected chi connectivity index (χ4v) is 1.83. The van der Waals surface area contributed by atoms with Gasteiger partial charge in [-0.2, -0.15) is 0 Å². The molecule has 1 aromatic rings. The quantitative estimate of drug-likeness (QED) is 0.831. The van der Waals surface area contributed by atoms with Gasteiger partial charge < -0.3 is 15.3 Å². The Morgan fingerprint density at radius 3 is 2.70 bits per heavy atom. The largest absolute Gasteiger partial charge is 0.481 e. The Balaban J connectivity index is 2.61. The summed E-state index contributed by atoms with van der Waals surface area (Å²) in [7, 11) is 0. The Kier molecular flexibility index (Phi) is 5.96. The molecule has 0 aliphatic carbocycles. The second kappa shape index (κ2) is 7.47. The molecule has 0 spiro atoms. The topological polar surface area (TPSA) is 82.5 Å². The maximum absolute atomic E-state index is 12.0. The second-order valence-corrected chi connectivity index (χ2v) is 4.73. The first-order chi connectivity index (χ1) is 9.42. The highest BCUT2D eigenvalue weighted by Gasteiger charge is 2.16. The van der Waals surface area contributed by atoms with Gasteiger partial charge in [0.15, 0.2) is 0 Å². The summed E-state index contributed by atoms with van der Waals surface area (Å²) in [6, 6.07) is 4.98. The summed E-state index contributed by atoms with van der Waals surface area (Å²) in [4.78, 5) is 28.6. The molecule has 0 bridgehead atoms. The molecule has 2 N–H and O–H groups in total. The van der Waals surface area contributed by atoms with Crippen LogP contribution in [0, 0.1) is 6.92 Å². The summed E-state index contributed by atoms with van der Waals surface area (Å²) in [5.41, 5.74) is 1.71. The third kappa shape index (κ3) is 5.26. The minimum absolute atomic E-state index is 0.0913. The summed E-state index contributed by atoms with van der Waals surface area (Å²) < 4.78 is 0. The molecular weight excluding hydrogens is 258 g/mol. The fraction of sp³-hybridized carbons (Fsp3) is 0.500. The lowest BCUT2D eigenvalue weighted by molar-refractivity contribution is -0.137. The molecule has 0 aliphatic rings. The molecule has 6 heteroatoms. The van der Waals surface area contributed by atoms with Crippen LogP contribution >= 0.6 is 0 Å². The van der Waals surface area contributed by atoms with E-state index in [1.54, 1.807) is 11.8 Å². The third-order valence-electron chi connectivity index (χ3n) is 2.82. The molecule has 0 aromatic carbocycles. The molecule has 2 amide bonds. The monoisotopic (exact) mass is 279 g/mol. The molecular formula is C14H21N3O3. The lowest BCUT2D eigenvalue weighted by Crippen LogP contribution is -2.44. The predicted octanol–water partition coefficient (Wildman–Crippen LogP) is 1.78. The number of rotatable bonds is 6. The predicted molar refractivity (Wildman–Crippen MR) is 75.3 cm³/mol. The first kappa shape index (κ1) is 15.9. The molecule has 110 valence electrons. The van der Waals surface area contributed by atoms with E-state index in [1.165, 1.54) is 0 Å². The highest BCUT2D eigenvalue weighted by molar-refractivity contribution is 5.75. The number of hydrogen-bond acceptors (Lipinski definition) is 3. The Morgan fingerprint density at radius 2 is 2.15 bits per heavy atom. The van der Waals surface area contributed by atoms with Crippen molar-refractivity contribution in [1.82, 2.24) is 15.2 Å². The van der Waals surface area contributed by atoms with E-state index < -0.39 is 12.0 Å². The van der Waals surface area contributed by atoms with Crippen LogP contribution in [0.5, 0.6) is 0 Å². The van der Waals surface area contributed by atoms with Crippen molar-refractivity contribution in [3.63, 3.8) is 0 Å². The third-order valence-corrected chi connectivity index (χ3v) is 2.82. The maximum atomic E-state index is 12.0. The first-order valence-corrected chi connectivity index (χ1v) is 6.62. The second-order valence-electron chi connectivity index (χ2n) is 4.73. The Labute approximate surface area is 118 Å². The van der Waals surface area contributed by atoms with Crippen molar-refractivity contribution in [2.75, 3.05) is 6.54 Å². The van der Waals surface area contributed by atoms with Crippen molar-refractivity contribution in [1.29, 1.82) is 0 Å². The van der Waals surface area contributed by atoms with Gasteiger partial charge in [0, 0.05) is 18.3 Å². The lowest BCUT2D eigenvalue weighted by atomic mass is 10.2. The number of carbonyl (C=O) groups is 2. The zero-order chi connectivity index (χ0) is 15.1. The average Bonchev–Trinajstić information content (AvgIpc) is 2.34. The molecule has 6 nitrogen and oxygen atoms in total. The van der Waals surface area contributed by atoms with Crippen LogP contribution in [0.4, 0.5) is 4.79 Å². The molecule has 0 saturated heterocycles. The first-order valence-electron chi connectivity index (χ1n) is 6.62. The van der Waals surface area contributed by atoms with Gasteiger partial charge in [-0.3, -0.25) is 9.78 Å². The molecule has 0 radical (unpaired) electrons.